The largest absolute Gasteiger partial charge is 0.487 e. The van der Waals surface area contributed by atoms with E-state index < -0.39 is 18.7 Å². The lowest BCUT2D eigenvalue weighted by Crippen LogP contribution is -2.15. The van der Waals surface area contributed by atoms with Gasteiger partial charge >= 0.3 is 12.6 Å². The van der Waals surface area contributed by atoms with Crippen LogP contribution in [-0.2, 0) is 4.74 Å². The molecule has 0 amide bonds. The lowest BCUT2D eigenvalue weighted by Gasteiger charge is -2.22. The topological polar surface area (TPSA) is 61.8 Å². The first-order valence-corrected chi connectivity index (χ1v) is 11.0. The molecule has 0 fully saturated rings. The lowest BCUT2D eigenvalue weighted by molar-refractivity contribution is -0.0519. The van der Waals surface area contributed by atoms with E-state index in [2.05, 4.69) is 11.3 Å². The van der Waals surface area contributed by atoms with Crippen molar-refractivity contribution in [3.63, 3.8) is 0 Å². The molecule has 0 bridgehead atoms. The molecule has 0 aliphatic heterocycles. The molecule has 2 rings (SSSR count). The van der Waals surface area contributed by atoms with E-state index in [1.807, 2.05) is 0 Å². The summed E-state index contributed by atoms with van der Waals surface area (Å²) in [4.78, 5) is 24.0. The maximum absolute atomic E-state index is 12.9. The van der Waals surface area contributed by atoms with Gasteiger partial charge < -0.3 is 14.2 Å². The smallest absolute Gasteiger partial charge is 0.387 e. The standard InChI is InChI=1S/C25H24Cl2F2O5/c1-14(2)32-23-11-18(8-9-21(23)34-25(28)29)22(12-20(15(3)26)16(4)27)33-24(31)19-7-5-6-17(10-19)13-30/h5-11,13-14,22,25H,3,12H2,1-2,4H3/b20-16+/t22-/m0/s1. The molecule has 0 aromatic heterocycles. The highest BCUT2D eigenvalue weighted by molar-refractivity contribution is 6.35. The molecule has 2 aromatic carbocycles. The maximum atomic E-state index is 12.9. The van der Waals surface area contributed by atoms with Gasteiger partial charge in [-0.3, -0.25) is 4.79 Å². The van der Waals surface area contributed by atoms with Crippen molar-refractivity contribution in [1.82, 2.24) is 0 Å². The fourth-order valence-corrected chi connectivity index (χ4v) is 3.51. The predicted octanol–water partition coefficient (Wildman–Crippen LogP) is 7.44. The van der Waals surface area contributed by atoms with Crippen LogP contribution in [0.1, 0.15) is 59.6 Å². The normalized spacial score (nSPS) is 12.7. The van der Waals surface area contributed by atoms with Crippen LogP contribution in [0.5, 0.6) is 11.5 Å². The van der Waals surface area contributed by atoms with Gasteiger partial charge in [0, 0.05) is 22.0 Å². The van der Waals surface area contributed by atoms with E-state index in [1.54, 1.807) is 32.9 Å². The van der Waals surface area contributed by atoms with E-state index in [-0.39, 0.29) is 34.6 Å². The van der Waals surface area contributed by atoms with Crippen molar-refractivity contribution in [2.45, 2.75) is 46.0 Å². The number of aldehydes is 1. The number of halogens is 4. The van der Waals surface area contributed by atoms with Crippen molar-refractivity contribution in [3.8, 4) is 11.5 Å². The third-order valence-electron chi connectivity index (χ3n) is 4.56. The molecule has 5 nitrogen and oxygen atoms in total. The minimum absolute atomic E-state index is 0.0486. The van der Waals surface area contributed by atoms with Crippen molar-refractivity contribution in [1.29, 1.82) is 0 Å². The number of hydrogen-bond donors (Lipinski definition) is 0. The molecule has 0 heterocycles. The summed E-state index contributed by atoms with van der Waals surface area (Å²) in [5.74, 6) is -0.823. The van der Waals surface area contributed by atoms with Gasteiger partial charge in [-0.15, -0.1) is 0 Å². The Hall–Kier alpha value is -2.90. The van der Waals surface area contributed by atoms with Crippen LogP contribution in [0, 0.1) is 0 Å². The highest BCUT2D eigenvalue weighted by Crippen LogP contribution is 2.38. The van der Waals surface area contributed by atoms with Gasteiger partial charge in [0.25, 0.3) is 0 Å². The Morgan fingerprint density at radius 2 is 1.79 bits per heavy atom. The fourth-order valence-electron chi connectivity index (χ4n) is 3.05. The van der Waals surface area contributed by atoms with Gasteiger partial charge in [-0.25, -0.2) is 4.79 Å². The number of benzene rings is 2. The highest BCUT2D eigenvalue weighted by Gasteiger charge is 2.24. The number of allylic oxidation sites excluding steroid dienone is 2. The minimum Gasteiger partial charge on any atom is -0.487 e. The third-order valence-corrected chi connectivity index (χ3v) is 5.02. The van der Waals surface area contributed by atoms with Crippen LogP contribution in [0.25, 0.3) is 0 Å². The molecular formula is C25H24Cl2F2O5. The van der Waals surface area contributed by atoms with Crippen molar-refractivity contribution in [3.05, 3.63) is 81.4 Å². The van der Waals surface area contributed by atoms with Gasteiger partial charge in [0.1, 0.15) is 12.4 Å². The molecule has 0 spiro atoms. The van der Waals surface area contributed by atoms with E-state index in [0.29, 0.717) is 28.0 Å². The molecule has 2 aromatic rings. The van der Waals surface area contributed by atoms with Gasteiger partial charge in [-0.1, -0.05) is 48.0 Å². The molecule has 0 saturated heterocycles. The zero-order valence-electron chi connectivity index (χ0n) is 18.8. The van der Waals surface area contributed by atoms with E-state index in [1.165, 1.54) is 30.3 Å². The fraction of sp³-hybridized carbons (Fsp3) is 0.280. The Labute approximate surface area is 206 Å². The Balaban J connectivity index is 2.51. The summed E-state index contributed by atoms with van der Waals surface area (Å²) in [5, 5.41) is 0.508. The Kier molecular flexibility index (Phi) is 10.1. The van der Waals surface area contributed by atoms with Crippen molar-refractivity contribution in [2.75, 3.05) is 0 Å². The number of ether oxygens (including phenoxy) is 3. The molecular weight excluding hydrogens is 489 g/mol. The second kappa shape index (κ2) is 12.5. The molecule has 0 aliphatic rings. The van der Waals surface area contributed by atoms with Crippen molar-refractivity contribution < 1.29 is 32.6 Å². The van der Waals surface area contributed by atoms with Gasteiger partial charge in [-0.2, -0.15) is 8.78 Å². The second-order valence-corrected chi connectivity index (χ2v) is 8.53. The van der Waals surface area contributed by atoms with E-state index in [0.717, 1.165) is 0 Å². The number of hydrogen-bond acceptors (Lipinski definition) is 5. The Morgan fingerprint density at radius 3 is 2.35 bits per heavy atom. The van der Waals surface area contributed by atoms with Gasteiger partial charge in [0.05, 0.1) is 11.7 Å². The van der Waals surface area contributed by atoms with Crippen LogP contribution in [-0.4, -0.2) is 25.0 Å². The summed E-state index contributed by atoms with van der Waals surface area (Å²) in [6.07, 6.45) is -0.625. The predicted molar refractivity (Wildman–Crippen MR) is 127 cm³/mol. The van der Waals surface area contributed by atoms with E-state index in [9.17, 15) is 18.4 Å². The second-order valence-electron chi connectivity index (χ2n) is 7.51. The molecule has 9 heteroatoms. The number of carbonyl (C=O) groups excluding carboxylic acids is 2. The molecule has 1 atom stereocenters. The summed E-state index contributed by atoms with van der Waals surface area (Å²) < 4.78 is 41.6. The van der Waals surface area contributed by atoms with E-state index in [4.69, 9.17) is 32.7 Å². The van der Waals surface area contributed by atoms with Gasteiger partial charge in [-0.05, 0) is 56.2 Å². The highest BCUT2D eigenvalue weighted by atomic mass is 35.5. The average molecular weight is 513 g/mol. The van der Waals surface area contributed by atoms with E-state index >= 15 is 0 Å². The van der Waals surface area contributed by atoms with Crippen LogP contribution < -0.4 is 9.47 Å². The zero-order valence-corrected chi connectivity index (χ0v) is 20.3. The van der Waals surface area contributed by atoms with Crippen molar-refractivity contribution >= 4 is 35.5 Å². The van der Waals surface area contributed by atoms with Crippen LogP contribution in [0.3, 0.4) is 0 Å². The minimum atomic E-state index is -3.05. The summed E-state index contributed by atoms with van der Waals surface area (Å²) in [7, 11) is 0. The summed E-state index contributed by atoms with van der Waals surface area (Å²) in [6.45, 7) is 5.72. The molecule has 0 radical (unpaired) electrons. The maximum Gasteiger partial charge on any atom is 0.387 e. The Morgan fingerprint density at radius 1 is 1.09 bits per heavy atom. The number of carbonyl (C=O) groups is 2. The first-order valence-electron chi connectivity index (χ1n) is 10.2. The monoisotopic (exact) mass is 512 g/mol. The lowest BCUT2D eigenvalue weighted by atomic mass is 10.00. The van der Waals surface area contributed by atoms with Crippen LogP contribution in [0.4, 0.5) is 8.78 Å². The molecule has 0 N–H and O–H groups in total. The summed E-state index contributed by atoms with van der Waals surface area (Å²) in [6, 6.07) is 10.2. The third kappa shape index (κ3) is 7.85. The number of rotatable bonds is 11. The molecule has 0 unspecified atom stereocenters. The molecule has 0 aliphatic carbocycles. The first kappa shape index (κ1) is 27.3. The van der Waals surface area contributed by atoms with Crippen molar-refractivity contribution in [2.24, 2.45) is 0 Å². The average Bonchev–Trinajstić information content (AvgIpc) is 2.76. The van der Waals surface area contributed by atoms with Crippen LogP contribution in [0.15, 0.2) is 64.7 Å². The first-order chi connectivity index (χ1) is 16.0. The zero-order chi connectivity index (χ0) is 25.4. The van der Waals surface area contributed by atoms with Crippen LogP contribution >= 0.6 is 23.2 Å². The number of esters is 1. The SMILES string of the molecule is C=C(Cl)/C(C[C@H](OC(=O)c1cccc(C=O)c1)c1ccc(OC(F)F)c(OC(C)C)c1)=C(\C)Cl. The van der Waals surface area contributed by atoms with Crippen LogP contribution in [0.2, 0.25) is 0 Å². The number of alkyl halides is 2. The van der Waals surface area contributed by atoms with Gasteiger partial charge in [0.2, 0.25) is 0 Å². The van der Waals surface area contributed by atoms with Gasteiger partial charge in [0.15, 0.2) is 11.5 Å². The molecule has 182 valence electrons. The summed E-state index contributed by atoms with van der Waals surface area (Å²) in [5.41, 5.74) is 1.33. The quantitative estimate of drug-likeness (QED) is 0.178. The molecule has 34 heavy (non-hydrogen) atoms. The molecule has 0 saturated carbocycles. The Bertz CT molecular complexity index is 1080. The summed E-state index contributed by atoms with van der Waals surface area (Å²) >= 11 is 12.3.